The fourth-order valence-corrected chi connectivity index (χ4v) is 7.96. The van der Waals surface area contributed by atoms with E-state index >= 15 is 0 Å². The molecule has 0 saturated carbocycles. The maximum atomic E-state index is 6.61. The molecule has 0 atom stereocenters. The monoisotopic (exact) mass is 726 g/mol. The molecular formula is C44H38N8OS. The summed E-state index contributed by atoms with van der Waals surface area (Å²) in [6.45, 7) is 4.17. The van der Waals surface area contributed by atoms with Crippen molar-refractivity contribution >= 4 is 28.7 Å². The van der Waals surface area contributed by atoms with Crippen LogP contribution in [0.5, 0.6) is 0 Å². The quantitative estimate of drug-likeness (QED) is 0.140. The zero-order valence-corrected chi connectivity index (χ0v) is 30.6. The number of nitrogens with one attached hydrogen (secondary N) is 1. The number of furan rings is 1. The molecule has 4 aromatic carbocycles. The molecular weight excluding hydrogens is 689 g/mol. The molecule has 0 radical (unpaired) electrons. The second-order valence-electron chi connectivity index (χ2n) is 13.4. The van der Waals surface area contributed by atoms with Gasteiger partial charge in [-0.25, -0.2) is 15.0 Å². The van der Waals surface area contributed by atoms with E-state index in [9.17, 15) is 0 Å². The summed E-state index contributed by atoms with van der Waals surface area (Å²) < 4.78 is 8.80. The zero-order valence-electron chi connectivity index (χ0n) is 29.8. The van der Waals surface area contributed by atoms with Crippen LogP contribution in [0.4, 0.5) is 17.3 Å². The lowest BCUT2D eigenvalue weighted by atomic mass is 9.77. The van der Waals surface area contributed by atoms with E-state index in [1.165, 1.54) is 17.0 Å². The molecule has 1 saturated heterocycles. The Balaban J connectivity index is 1.07. The van der Waals surface area contributed by atoms with Crippen molar-refractivity contribution < 1.29 is 4.42 Å². The third-order valence-corrected chi connectivity index (χ3v) is 10.9. The summed E-state index contributed by atoms with van der Waals surface area (Å²) in [5.41, 5.74) is 8.84. The molecule has 0 spiro atoms. The van der Waals surface area contributed by atoms with E-state index in [2.05, 4.69) is 135 Å². The number of hydrogen-bond donors (Lipinski definition) is 1. The first-order chi connectivity index (χ1) is 26.6. The molecule has 0 unspecified atom stereocenters. The maximum absolute atomic E-state index is 6.61. The molecule has 5 heterocycles. The average Bonchev–Trinajstić information content (AvgIpc) is 4.04. The van der Waals surface area contributed by atoms with Gasteiger partial charge in [0.25, 0.3) is 0 Å². The van der Waals surface area contributed by atoms with Crippen LogP contribution >= 0.6 is 11.3 Å². The highest BCUT2D eigenvalue weighted by atomic mass is 32.1. The smallest absolute Gasteiger partial charge is 0.227 e. The normalized spacial score (nSPS) is 13.6. The van der Waals surface area contributed by atoms with E-state index in [1.54, 1.807) is 0 Å². The molecule has 9 nitrogen and oxygen atoms in total. The molecule has 1 aliphatic heterocycles. The number of nitrogens with zero attached hydrogens (tertiary/aromatic N) is 7. The minimum atomic E-state index is -0.681. The summed E-state index contributed by atoms with van der Waals surface area (Å²) in [7, 11) is 2.17. The summed E-state index contributed by atoms with van der Waals surface area (Å²) in [5.74, 6) is 1.72. The van der Waals surface area contributed by atoms with E-state index in [0.29, 0.717) is 28.9 Å². The van der Waals surface area contributed by atoms with Crippen molar-refractivity contribution in [1.29, 1.82) is 0 Å². The number of thiazole rings is 1. The van der Waals surface area contributed by atoms with Gasteiger partial charge in [0, 0.05) is 61.7 Å². The Kier molecular flexibility index (Phi) is 9.04. The Labute approximate surface area is 318 Å². The van der Waals surface area contributed by atoms with Gasteiger partial charge < -0.3 is 24.1 Å². The van der Waals surface area contributed by atoms with Crippen LogP contribution in [0.25, 0.3) is 33.3 Å². The van der Waals surface area contributed by atoms with Crippen LogP contribution in [-0.2, 0) is 5.54 Å². The molecule has 4 aromatic heterocycles. The Morgan fingerprint density at radius 3 is 1.93 bits per heavy atom. The van der Waals surface area contributed by atoms with Gasteiger partial charge in [-0.2, -0.15) is 0 Å². The molecule has 266 valence electrons. The van der Waals surface area contributed by atoms with Gasteiger partial charge in [-0.05, 0) is 60.1 Å². The fourth-order valence-electron chi connectivity index (χ4n) is 7.33. The molecule has 1 N–H and O–H groups in total. The first-order valence-corrected chi connectivity index (χ1v) is 18.9. The van der Waals surface area contributed by atoms with Crippen molar-refractivity contribution in [2.75, 3.05) is 43.4 Å². The van der Waals surface area contributed by atoms with Crippen molar-refractivity contribution in [3.63, 3.8) is 0 Å². The van der Waals surface area contributed by atoms with Gasteiger partial charge in [0.1, 0.15) is 16.9 Å². The van der Waals surface area contributed by atoms with Crippen molar-refractivity contribution in [3.05, 3.63) is 175 Å². The lowest BCUT2D eigenvalue weighted by Crippen LogP contribution is -2.44. The lowest BCUT2D eigenvalue weighted by molar-refractivity contribution is 0.313. The average molecular weight is 727 g/mol. The van der Waals surface area contributed by atoms with Crippen LogP contribution in [-0.4, -0.2) is 62.6 Å². The van der Waals surface area contributed by atoms with Crippen LogP contribution in [0.2, 0.25) is 0 Å². The number of rotatable bonds is 10. The van der Waals surface area contributed by atoms with E-state index in [0.717, 1.165) is 59.0 Å². The summed E-state index contributed by atoms with van der Waals surface area (Å²) in [6, 6.07) is 44.1. The van der Waals surface area contributed by atoms with Gasteiger partial charge in [0.15, 0.2) is 11.5 Å². The molecule has 1 aliphatic rings. The summed E-state index contributed by atoms with van der Waals surface area (Å²) in [5, 5.41) is 3.41. The van der Waals surface area contributed by atoms with Crippen LogP contribution in [0, 0.1) is 0 Å². The first-order valence-electron chi connectivity index (χ1n) is 18.0. The molecule has 0 bridgehead atoms. The third-order valence-electron chi connectivity index (χ3n) is 10.1. The standard InChI is InChI=1S/C44H38N8OS/c1-50-23-25-51(26-24-50)36-19-17-35(18-20-36)48-43-46-27-37(41-28-45-31-54-41)42(49-43)40-22-21-39(53-40)38-29-52(30-47-38)44(32-11-5-2-6-12-32,33-13-7-3-8-14-33)34-15-9-4-10-16-34/h2-22,27-31H,23-26H2,1H3,(H,46,48,49). The summed E-state index contributed by atoms with van der Waals surface area (Å²) in [4.78, 5) is 24.7. The highest BCUT2D eigenvalue weighted by molar-refractivity contribution is 7.13. The second kappa shape index (κ2) is 14.6. The Bertz CT molecular complexity index is 2340. The Morgan fingerprint density at radius 1 is 0.685 bits per heavy atom. The SMILES string of the molecule is CN1CCN(c2ccc(Nc3ncc(-c4cncs4)c(-c4ccc(-c5cn(C(c6ccccc6)(c6ccccc6)c6ccccc6)cn5)o4)n3)cc2)CC1. The fraction of sp³-hybridized carbons (Fsp3) is 0.136. The van der Waals surface area contributed by atoms with Gasteiger partial charge in [0.05, 0.1) is 16.7 Å². The van der Waals surface area contributed by atoms with E-state index in [4.69, 9.17) is 19.4 Å². The topological polar surface area (TPSA) is 88.1 Å². The molecule has 1 fully saturated rings. The van der Waals surface area contributed by atoms with Crippen molar-refractivity contribution in [1.82, 2.24) is 29.4 Å². The summed E-state index contributed by atoms with van der Waals surface area (Å²) >= 11 is 1.54. The molecule has 9 rings (SSSR count). The van der Waals surface area contributed by atoms with Gasteiger partial charge in [0.2, 0.25) is 5.95 Å². The number of hydrogen-bond acceptors (Lipinski definition) is 9. The van der Waals surface area contributed by atoms with Crippen LogP contribution in [0.3, 0.4) is 0 Å². The van der Waals surface area contributed by atoms with E-state index in [1.807, 2.05) is 54.6 Å². The van der Waals surface area contributed by atoms with E-state index < -0.39 is 5.54 Å². The molecule has 0 amide bonds. The second-order valence-corrected chi connectivity index (χ2v) is 14.3. The zero-order chi connectivity index (χ0) is 36.3. The first kappa shape index (κ1) is 33.5. The van der Waals surface area contributed by atoms with Crippen molar-refractivity contribution in [2.45, 2.75) is 5.54 Å². The number of anilines is 3. The number of aromatic nitrogens is 5. The van der Waals surface area contributed by atoms with Crippen molar-refractivity contribution in [2.24, 2.45) is 0 Å². The molecule has 54 heavy (non-hydrogen) atoms. The van der Waals surface area contributed by atoms with Crippen LogP contribution in [0.15, 0.2) is 162 Å². The van der Waals surface area contributed by atoms with E-state index in [-0.39, 0.29) is 0 Å². The van der Waals surface area contributed by atoms with Crippen LogP contribution in [0.1, 0.15) is 16.7 Å². The largest absolute Gasteiger partial charge is 0.453 e. The highest BCUT2D eigenvalue weighted by Crippen LogP contribution is 2.42. The minimum absolute atomic E-state index is 0.478. The van der Waals surface area contributed by atoms with Crippen molar-refractivity contribution in [3.8, 4) is 33.3 Å². The molecule has 8 aromatic rings. The molecule has 0 aliphatic carbocycles. The van der Waals surface area contributed by atoms with Crippen LogP contribution < -0.4 is 10.2 Å². The lowest BCUT2D eigenvalue weighted by Gasteiger charge is -2.37. The summed E-state index contributed by atoms with van der Waals surface area (Å²) in [6.07, 6.45) is 7.63. The predicted octanol–water partition coefficient (Wildman–Crippen LogP) is 9.06. The van der Waals surface area contributed by atoms with Gasteiger partial charge >= 0.3 is 0 Å². The Morgan fingerprint density at radius 2 is 1.31 bits per heavy atom. The highest BCUT2D eigenvalue weighted by Gasteiger charge is 2.38. The van der Waals surface area contributed by atoms with Gasteiger partial charge in [-0.15, -0.1) is 11.3 Å². The number of likely N-dealkylation sites (N-methyl/N-ethyl adjacent to an activating group) is 1. The predicted molar refractivity (Wildman–Crippen MR) is 216 cm³/mol. The number of imidazole rings is 1. The minimum Gasteiger partial charge on any atom is -0.453 e. The molecule has 10 heteroatoms. The third kappa shape index (κ3) is 6.35. The Hall–Kier alpha value is -6.36. The number of piperazine rings is 1. The van der Waals surface area contributed by atoms with Gasteiger partial charge in [-0.1, -0.05) is 91.0 Å². The number of benzene rings is 4. The van der Waals surface area contributed by atoms with Gasteiger partial charge in [-0.3, -0.25) is 4.98 Å². The maximum Gasteiger partial charge on any atom is 0.227 e.